The van der Waals surface area contributed by atoms with Crippen molar-refractivity contribution in [2.24, 2.45) is 0 Å². The second-order valence-electron chi connectivity index (χ2n) is 4.96. The van der Waals surface area contributed by atoms with Crippen LogP contribution in [0.1, 0.15) is 30.9 Å². The van der Waals surface area contributed by atoms with Gasteiger partial charge in [-0.05, 0) is 37.1 Å². The standard InChI is InChI=1S/C16H17N3O2/c1-3-4-7-18-13-14(16(21)15(13)20)19-12-6-5-11(9-17)10(2)8-12/h5-6,8,18-19H,3-4,7H2,1-2H3. The lowest BCUT2D eigenvalue weighted by Crippen LogP contribution is -2.36. The van der Waals surface area contributed by atoms with E-state index >= 15 is 0 Å². The SMILES string of the molecule is CCCCNc1c(Nc2ccc(C#N)c(C)c2)c(=O)c1=O. The van der Waals surface area contributed by atoms with Crippen LogP contribution < -0.4 is 21.5 Å². The van der Waals surface area contributed by atoms with Gasteiger partial charge in [0.15, 0.2) is 0 Å². The van der Waals surface area contributed by atoms with Crippen LogP contribution in [-0.4, -0.2) is 6.54 Å². The van der Waals surface area contributed by atoms with Crippen LogP contribution in [0.3, 0.4) is 0 Å². The van der Waals surface area contributed by atoms with Crippen LogP contribution in [-0.2, 0) is 0 Å². The van der Waals surface area contributed by atoms with Gasteiger partial charge in [0, 0.05) is 12.2 Å². The maximum Gasteiger partial charge on any atom is 0.253 e. The molecular formula is C16H17N3O2. The molecule has 0 bridgehead atoms. The van der Waals surface area contributed by atoms with Gasteiger partial charge in [-0.2, -0.15) is 5.26 Å². The van der Waals surface area contributed by atoms with Gasteiger partial charge in [0.1, 0.15) is 11.4 Å². The third-order valence-corrected chi connectivity index (χ3v) is 3.36. The Hall–Kier alpha value is -2.61. The van der Waals surface area contributed by atoms with E-state index in [1.165, 1.54) is 0 Å². The number of hydrogen-bond acceptors (Lipinski definition) is 5. The molecule has 0 amide bonds. The minimum atomic E-state index is -0.504. The average Bonchev–Trinajstić information content (AvgIpc) is 2.49. The molecule has 0 atom stereocenters. The van der Waals surface area contributed by atoms with Gasteiger partial charge in [0.2, 0.25) is 0 Å². The van der Waals surface area contributed by atoms with E-state index in [4.69, 9.17) is 5.26 Å². The third kappa shape index (κ3) is 2.95. The van der Waals surface area contributed by atoms with Crippen molar-refractivity contribution < 1.29 is 0 Å². The normalized spacial score (nSPS) is 10.3. The summed E-state index contributed by atoms with van der Waals surface area (Å²) in [5.74, 6) is 0. The van der Waals surface area contributed by atoms with E-state index in [2.05, 4.69) is 23.6 Å². The zero-order valence-electron chi connectivity index (χ0n) is 12.1. The smallest absolute Gasteiger partial charge is 0.253 e. The van der Waals surface area contributed by atoms with Crippen LogP contribution in [0.4, 0.5) is 17.1 Å². The number of nitrogens with one attached hydrogen (secondary N) is 2. The van der Waals surface area contributed by atoms with Crippen molar-refractivity contribution in [3.8, 4) is 6.07 Å². The van der Waals surface area contributed by atoms with Crippen LogP contribution in [0.5, 0.6) is 0 Å². The third-order valence-electron chi connectivity index (χ3n) is 3.36. The maximum atomic E-state index is 11.7. The molecule has 21 heavy (non-hydrogen) atoms. The van der Waals surface area contributed by atoms with Crippen molar-refractivity contribution in [1.29, 1.82) is 5.26 Å². The number of benzene rings is 1. The number of nitriles is 1. The van der Waals surface area contributed by atoms with E-state index in [-0.39, 0.29) is 0 Å². The zero-order valence-corrected chi connectivity index (χ0v) is 12.1. The summed E-state index contributed by atoms with van der Waals surface area (Å²) in [6.45, 7) is 4.55. The number of aryl methyl sites for hydroxylation is 1. The Morgan fingerprint density at radius 2 is 1.90 bits per heavy atom. The number of hydrogen-bond donors (Lipinski definition) is 2. The molecule has 0 saturated carbocycles. The molecule has 0 heterocycles. The van der Waals surface area contributed by atoms with Gasteiger partial charge in [0.05, 0.1) is 11.6 Å². The molecule has 0 unspecified atom stereocenters. The minimum Gasteiger partial charge on any atom is -0.380 e. The fraction of sp³-hybridized carbons (Fsp3) is 0.312. The number of nitrogens with zero attached hydrogens (tertiary/aromatic N) is 1. The van der Waals surface area contributed by atoms with Gasteiger partial charge in [-0.25, -0.2) is 0 Å². The molecule has 2 rings (SSSR count). The van der Waals surface area contributed by atoms with Gasteiger partial charge >= 0.3 is 0 Å². The lowest BCUT2D eigenvalue weighted by Gasteiger charge is -2.15. The van der Waals surface area contributed by atoms with Crippen molar-refractivity contribution in [2.45, 2.75) is 26.7 Å². The molecule has 0 spiro atoms. The summed E-state index contributed by atoms with van der Waals surface area (Å²) in [4.78, 5) is 23.2. The molecule has 0 fully saturated rings. The summed E-state index contributed by atoms with van der Waals surface area (Å²) in [6.07, 6.45) is 1.95. The highest BCUT2D eigenvalue weighted by atomic mass is 16.2. The Morgan fingerprint density at radius 1 is 1.19 bits per heavy atom. The summed E-state index contributed by atoms with van der Waals surface area (Å²) in [7, 11) is 0. The van der Waals surface area contributed by atoms with Gasteiger partial charge < -0.3 is 10.6 Å². The van der Waals surface area contributed by atoms with E-state index in [0.717, 1.165) is 18.4 Å². The van der Waals surface area contributed by atoms with Crippen LogP contribution in [0.25, 0.3) is 0 Å². The van der Waals surface area contributed by atoms with E-state index in [9.17, 15) is 9.59 Å². The molecule has 2 aromatic rings. The van der Waals surface area contributed by atoms with Gasteiger partial charge in [-0.15, -0.1) is 0 Å². The predicted molar refractivity (Wildman–Crippen MR) is 83.9 cm³/mol. The van der Waals surface area contributed by atoms with Gasteiger partial charge in [-0.1, -0.05) is 13.3 Å². The Labute approximate surface area is 122 Å². The van der Waals surface area contributed by atoms with E-state index in [1.54, 1.807) is 18.2 Å². The fourth-order valence-corrected chi connectivity index (χ4v) is 2.08. The second kappa shape index (κ2) is 6.23. The van der Waals surface area contributed by atoms with E-state index < -0.39 is 10.9 Å². The molecule has 0 aliphatic carbocycles. The molecule has 0 saturated heterocycles. The summed E-state index contributed by atoms with van der Waals surface area (Å²) >= 11 is 0. The highest BCUT2D eigenvalue weighted by molar-refractivity contribution is 5.79. The first-order chi connectivity index (χ1) is 10.1. The first-order valence-corrected chi connectivity index (χ1v) is 6.93. The molecule has 0 aromatic heterocycles. The Morgan fingerprint density at radius 3 is 2.52 bits per heavy atom. The monoisotopic (exact) mass is 283 g/mol. The van der Waals surface area contributed by atoms with Crippen LogP contribution in [0, 0.1) is 18.3 Å². The van der Waals surface area contributed by atoms with E-state index in [1.807, 2.05) is 6.92 Å². The highest BCUT2D eigenvalue weighted by Crippen LogP contribution is 2.22. The lowest BCUT2D eigenvalue weighted by atomic mass is 10.1. The number of rotatable bonds is 6. The van der Waals surface area contributed by atoms with Crippen molar-refractivity contribution in [3.63, 3.8) is 0 Å². The largest absolute Gasteiger partial charge is 0.380 e. The number of unbranched alkanes of at least 4 members (excludes halogenated alkanes) is 1. The van der Waals surface area contributed by atoms with Crippen molar-refractivity contribution in [1.82, 2.24) is 0 Å². The Bertz CT molecular complexity index is 765. The molecule has 108 valence electrons. The minimum absolute atomic E-state index is 0.306. The summed E-state index contributed by atoms with van der Waals surface area (Å²) in [5, 5.41) is 14.9. The Kier molecular flexibility index (Phi) is 4.39. The molecule has 5 heteroatoms. The topological polar surface area (TPSA) is 82.0 Å². The molecule has 5 nitrogen and oxygen atoms in total. The highest BCUT2D eigenvalue weighted by Gasteiger charge is 2.20. The first kappa shape index (κ1) is 14.8. The van der Waals surface area contributed by atoms with E-state index in [0.29, 0.717) is 29.2 Å². The first-order valence-electron chi connectivity index (χ1n) is 6.93. The average molecular weight is 283 g/mol. The quantitative estimate of drug-likeness (QED) is 0.628. The molecule has 2 N–H and O–H groups in total. The predicted octanol–water partition coefficient (Wildman–Crippen LogP) is 2.42. The van der Waals surface area contributed by atoms with Crippen LogP contribution in [0.15, 0.2) is 27.8 Å². The summed E-state index contributed by atoms with van der Waals surface area (Å²) in [6, 6.07) is 7.28. The molecule has 0 aliphatic rings. The second-order valence-corrected chi connectivity index (χ2v) is 4.96. The van der Waals surface area contributed by atoms with Crippen LogP contribution in [0.2, 0.25) is 0 Å². The van der Waals surface area contributed by atoms with Gasteiger partial charge in [-0.3, -0.25) is 9.59 Å². The maximum absolute atomic E-state index is 11.7. The van der Waals surface area contributed by atoms with Crippen molar-refractivity contribution >= 4 is 17.1 Å². The number of anilines is 3. The zero-order chi connectivity index (χ0) is 15.4. The molecule has 0 radical (unpaired) electrons. The molecule has 2 aromatic carbocycles. The lowest BCUT2D eigenvalue weighted by molar-refractivity contribution is 0.833. The Balaban J connectivity index is 2.19. The molecular weight excluding hydrogens is 266 g/mol. The fourth-order valence-electron chi connectivity index (χ4n) is 2.08. The van der Waals surface area contributed by atoms with Crippen LogP contribution >= 0.6 is 0 Å². The van der Waals surface area contributed by atoms with Crippen molar-refractivity contribution in [3.05, 3.63) is 49.8 Å². The summed E-state index contributed by atoms with van der Waals surface area (Å²) < 4.78 is 0. The summed E-state index contributed by atoms with van der Waals surface area (Å²) in [5.41, 5.74) is 1.79. The van der Waals surface area contributed by atoms with Gasteiger partial charge in [0.25, 0.3) is 10.9 Å². The van der Waals surface area contributed by atoms with Crippen molar-refractivity contribution in [2.75, 3.05) is 17.2 Å². The molecule has 0 aliphatic heterocycles.